The third-order valence-corrected chi connectivity index (χ3v) is 4.16. The van der Waals surface area contributed by atoms with Crippen molar-refractivity contribution in [3.63, 3.8) is 0 Å². The van der Waals surface area contributed by atoms with Gasteiger partial charge in [0.25, 0.3) is 5.91 Å². The summed E-state index contributed by atoms with van der Waals surface area (Å²) in [6.45, 7) is 0. The predicted octanol–water partition coefficient (Wildman–Crippen LogP) is 2.55. The van der Waals surface area contributed by atoms with Gasteiger partial charge in [0, 0.05) is 12.5 Å². The van der Waals surface area contributed by atoms with Crippen LogP contribution < -0.4 is 5.32 Å². The van der Waals surface area contributed by atoms with Gasteiger partial charge in [0.15, 0.2) is 0 Å². The van der Waals surface area contributed by atoms with Crippen molar-refractivity contribution in [3.05, 3.63) is 45.7 Å². The molecule has 0 saturated carbocycles. The summed E-state index contributed by atoms with van der Waals surface area (Å²) in [5.41, 5.74) is 0.306. The van der Waals surface area contributed by atoms with E-state index in [-0.39, 0.29) is 10.2 Å². The molecular weight excluding hydrogens is 382 g/mol. The molecule has 6 nitrogen and oxygen atoms in total. The Kier molecular flexibility index (Phi) is 4.60. The lowest BCUT2D eigenvalue weighted by Gasteiger charge is -2.08. The number of carbonyl (C=O) groups is 1. The normalized spacial score (nSPS) is 11.2. The first-order chi connectivity index (χ1) is 9.79. The number of para-hydroxylation sites is 1. The summed E-state index contributed by atoms with van der Waals surface area (Å²) in [5.74, 6) is -0.595. The second-order valence-electron chi connectivity index (χ2n) is 4.06. The highest BCUT2D eigenvalue weighted by Crippen LogP contribution is 2.22. The highest BCUT2D eigenvalue weighted by molar-refractivity contribution is 9.10. The van der Waals surface area contributed by atoms with E-state index in [4.69, 9.17) is 11.6 Å². The highest BCUT2D eigenvalue weighted by Gasteiger charge is 2.19. The van der Waals surface area contributed by atoms with Crippen molar-refractivity contribution in [3.8, 4) is 0 Å². The number of carbonyl (C=O) groups excluding carboxylic acids is 1. The van der Waals surface area contributed by atoms with Crippen LogP contribution in [0, 0.1) is 0 Å². The molecule has 9 heteroatoms. The average Bonchev–Trinajstić information content (AvgIpc) is 2.40. The third kappa shape index (κ3) is 3.78. The third-order valence-electron chi connectivity index (χ3n) is 2.39. The minimum absolute atomic E-state index is 0.0923. The Labute approximate surface area is 134 Å². The molecule has 1 amide bonds. The average molecular weight is 391 g/mol. The number of hydrogen-bond acceptors (Lipinski definition) is 5. The molecule has 0 bridgehead atoms. The second kappa shape index (κ2) is 6.08. The second-order valence-corrected chi connectivity index (χ2v) is 7.23. The summed E-state index contributed by atoms with van der Waals surface area (Å²) >= 11 is 9.06. The fraction of sp³-hybridized carbons (Fsp3) is 0.0833. The van der Waals surface area contributed by atoms with E-state index in [0.29, 0.717) is 10.7 Å². The van der Waals surface area contributed by atoms with Crippen LogP contribution in [0.25, 0.3) is 0 Å². The summed E-state index contributed by atoms with van der Waals surface area (Å²) in [5, 5.41) is 2.50. The Morgan fingerprint density at radius 2 is 2.00 bits per heavy atom. The van der Waals surface area contributed by atoms with Gasteiger partial charge in [0.1, 0.15) is 5.69 Å². The van der Waals surface area contributed by atoms with Gasteiger partial charge in [-0.25, -0.2) is 18.4 Å². The molecule has 2 aromatic rings. The van der Waals surface area contributed by atoms with E-state index >= 15 is 0 Å². The zero-order valence-electron chi connectivity index (χ0n) is 10.7. The molecule has 0 atom stereocenters. The Morgan fingerprint density at radius 3 is 2.62 bits per heavy atom. The van der Waals surface area contributed by atoms with Crippen LogP contribution in [0.4, 0.5) is 5.69 Å². The minimum Gasteiger partial charge on any atom is -0.319 e. The van der Waals surface area contributed by atoms with Crippen molar-refractivity contribution in [2.75, 3.05) is 11.6 Å². The van der Waals surface area contributed by atoms with Gasteiger partial charge in [-0.1, -0.05) is 23.7 Å². The van der Waals surface area contributed by atoms with Gasteiger partial charge in [-0.15, -0.1) is 0 Å². The maximum atomic E-state index is 12.2. The zero-order chi connectivity index (χ0) is 15.6. The molecule has 1 heterocycles. The summed E-state index contributed by atoms with van der Waals surface area (Å²) in [6.07, 6.45) is 2.18. The SMILES string of the molecule is CS(=O)(=O)c1ncc(Br)c(C(=O)Nc2ccccc2Cl)n1. The van der Waals surface area contributed by atoms with Crippen LogP contribution in [0.2, 0.25) is 5.02 Å². The topological polar surface area (TPSA) is 89.0 Å². The van der Waals surface area contributed by atoms with Gasteiger partial charge in [-0.05, 0) is 28.1 Å². The molecule has 0 aliphatic carbocycles. The molecule has 0 aliphatic rings. The van der Waals surface area contributed by atoms with Crippen LogP contribution in [0.3, 0.4) is 0 Å². The molecule has 1 aromatic carbocycles. The van der Waals surface area contributed by atoms with Crippen LogP contribution in [0.15, 0.2) is 40.1 Å². The summed E-state index contributed by atoms with van der Waals surface area (Å²) in [4.78, 5) is 19.6. The summed E-state index contributed by atoms with van der Waals surface area (Å²) < 4.78 is 23.2. The van der Waals surface area contributed by atoms with Crippen LogP contribution in [-0.2, 0) is 9.84 Å². The molecule has 2 rings (SSSR count). The van der Waals surface area contributed by atoms with E-state index in [1.165, 1.54) is 6.20 Å². The quantitative estimate of drug-likeness (QED) is 0.814. The number of amides is 1. The van der Waals surface area contributed by atoms with Crippen LogP contribution >= 0.6 is 27.5 Å². The molecule has 1 aromatic heterocycles. The number of anilines is 1. The first-order valence-electron chi connectivity index (χ1n) is 5.57. The highest BCUT2D eigenvalue weighted by atomic mass is 79.9. The minimum atomic E-state index is -3.61. The van der Waals surface area contributed by atoms with Gasteiger partial charge < -0.3 is 5.32 Å². The van der Waals surface area contributed by atoms with E-state index in [9.17, 15) is 13.2 Å². The maximum Gasteiger partial charge on any atom is 0.275 e. The van der Waals surface area contributed by atoms with Gasteiger partial charge in [0.05, 0.1) is 15.2 Å². The lowest BCUT2D eigenvalue weighted by Crippen LogP contribution is -2.17. The lowest BCUT2D eigenvalue weighted by atomic mass is 10.3. The number of halogens is 2. The van der Waals surface area contributed by atoms with Crippen molar-refractivity contribution in [2.45, 2.75) is 5.16 Å². The standard InChI is InChI=1S/C12H9BrClN3O3S/c1-21(19,20)12-15-6-7(13)10(17-12)11(18)16-9-5-3-2-4-8(9)14/h2-6H,1H3,(H,16,18). The Balaban J connectivity index is 2.38. The lowest BCUT2D eigenvalue weighted by molar-refractivity contribution is 0.102. The maximum absolute atomic E-state index is 12.2. The fourth-order valence-electron chi connectivity index (χ4n) is 1.43. The molecule has 0 fully saturated rings. The molecule has 21 heavy (non-hydrogen) atoms. The van der Waals surface area contributed by atoms with E-state index in [1.807, 2.05) is 0 Å². The fourth-order valence-corrected chi connectivity index (χ4v) is 2.49. The summed E-state index contributed by atoms with van der Waals surface area (Å²) in [7, 11) is -3.61. The molecule has 0 unspecified atom stereocenters. The van der Waals surface area contributed by atoms with Crippen molar-refractivity contribution in [1.29, 1.82) is 0 Å². The first kappa shape index (κ1) is 15.9. The van der Waals surface area contributed by atoms with Gasteiger partial charge >= 0.3 is 0 Å². The van der Waals surface area contributed by atoms with E-state index < -0.39 is 20.9 Å². The predicted molar refractivity (Wildman–Crippen MR) is 82.2 cm³/mol. The van der Waals surface area contributed by atoms with Crippen molar-refractivity contribution >= 4 is 49.0 Å². The van der Waals surface area contributed by atoms with E-state index in [2.05, 4.69) is 31.2 Å². The Bertz CT molecular complexity index is 811. The van der Waals surface area contributed by atoms with Crippen LogP contribution in [0.1, 0.15) is 10.5 Å². The van der Waals surface area contributed by atoms with Crippen molar-refractivity contribution < 1.29 is 13.2 Å². The number of aromatic nitrogens is 2. The molecule has 110 valence electrons. The monoisotopic (exact) mass is 389 g/mol. The molecule has 0 aliphatic heterocycles. The molecule has 0 spiro atoms. The first-order valence-corrected chi connectivity index (χ1v) is 8.64. The number of benzene rings is 1. The van der Waals surface area contributed by atoms with Crippen LogP contribution in [0.5, 0.6) is 0 Å². The van der Waals surface area contributed by atoms with Crippen molar-refractivity contribution in [1.82, 2.24) is 9.97 Å². The van der Waals surface area contributed by atoms with E-state index in [0.717, 1.165) is 6.26 Å². The molecule has 0 saturated heterocycles. The largest absolute Gasteiger partial charge is 0.319 e. The number of rotatable bonds is 3. The van der Waals surface area contributed by atoms with E-state index in [1.54, 1.807) is 24.3 Å². The number of sulfone groups is 1. The number of nitrogens with one attached hydrogen (secondary N) is 1. The summed E-state index contributed by atoms with van der Waals surface area (Å²) in [6, 6.07) is 6.67. The Morgan fingerprint density at radius 1 is 1.33 bits per heavy atom. The van der Waals surface area contributed by atoms with Gasteiger partial charge in [-0.2, -0.15) is 0 Å². The van der Waals surface area contributed by atoms with Crippen LogP contribution in [-0.4, -0.2) is 30.5 Å². The number of hydrogen-bond donors (Lipinski definition) is 1. The molecular formula is C12H9BrClN3O3S. The zero-order valence-corrected chi connectivity index (χ0v) is 13.8. The van der Waals surface area contributed by atoms with Gasteiger partial charge in [-0.3, -0.25) is 4.79 Å². The number of nitrogens with zero attached hydrogens (tertiary/aromatic N) is 2. The smallest absolute Gasteiger partial charge is 0.275 e. The van der Waals surface area contributed by atoms with Crippen molar-refractivity contribution in [2.24, 2.45) is 0 Å². The molecule has 0 radical (unpaired) electrons. The molecule has 1 N–H and O–H groups in total. The van der Waals surface area contributed by atoms with Gasteiger partial charge in [0.2, 0.25) is 15.0 Å². The Hall–Kier alpha value is -1.51.